The highest BCUT2D eigenvalue weighted by Gasteiger charge is 1.86. The molecular weight excluding hydrogens is 192 g/mol. The Morgan fingerprint density at radius 2 is 1.78 bits per heavy atom. The molecule has 1 aromatic carbocycles. The highest BCUT2D eigenvalue weighted by molar-refractivity contribution is 9.10. The normalized spacial score (nSPS) is 10.9. The third-order valence-corrected chi connectivity index (χ3v) is 3.14. The van der Waals surface area contributed by atoms with Crippen molar-refractivity contribution >= 4 is 30.6 Å². The predicted molar refractivity (Wildman–Crippen MR) is 48.2 cm³/mol. The minimum atomic E-state index is 0.0544. The number of hydrogen-bond acceptors (Lipinski definition) is 0. The number of halogens is 1. The molecule has 0 saturated carbocycles. The van der Waals surface area contributed by atoms with Crippen molar-refractivity contribution in [1.29, 1.82) is 0 Å². The van der Waals surface area contributed by atoms with E-state index in [0.29, 0.717) is 0 Å². The SMILES string of the molecule is C[SiH2]c1ccc(Br)cc1. The first-order valence-corrected chi connectivity index (χ1v) is 5.99. The van der Waals surface area contributed by atoms with Gasteiger partial charge in [0.1, 0.15) is 0 Å². The second-order valence-corrected chi connectivity index (χ2v) is 4.42. The highest BCUT2D eigenvalue weighted by atomic mass is 79.9. The van der Waals surface area contributed by atoms with Crippen LogP contribution in [0, 0.1) is 0 Å². The summed E-state index contributed by atoms with van der Waals surface area (Å²) in [6.07, 6.45) is 0. The van der Waals surface area contributed by atoms with Crippen molar-refractivity contribution in [1.82, 2.24) is 0 Å². The number of benzene rings is 1. The van der Waals surface area contributed by atoms with Crippen LogP contribution in [0.2, 0.25) is 6.55 Å². The van der Waals surface area contributed by atoms with Crippen LogP contribution in [0.25, 0.3) is 0 Å². The van der Waals surface area contributed by atoms with Gasteiger partial charge in [-0.3, -0.25) is 0 Å². The van der Waals surface area contributed by atoms with Crippen molar-refractivity contribution in [3.8, 4) is 0 Å². The number of hydrogen-bond donors (Lipinski definition) is 0. The van der Waals surface area contributed by atoms with E-state index in [2.05, 4.69) is 46.7 Å². The Morgan fingerprint density at radius 3 is 2.22 bits per heavy atom. The molecule has 0 aliphatic rings. The lowest BCUT2D eigenvalue weighted by molar-refractivity contribution is 1.69. The van der Waals surface area contributed by atoms with Gasteiger partial charge in [-0.1, -0.05) is 39.8 Å². The standard InChI is InChI=1S/C7H9BrSi/c1-9-7-4-2-6(8)3-5-7/h2-5H,9H2,1H3. The number of rotatable bonds is 1. The van der Waals surface area contributed by atoms with Crippen LogP contribution in [-0.4, -0.2) is 9.52 Å². The zero-order chi connectivity index (χ0) is 6.69. The lowest BCUT2D eigenvalue weighted by Gasteiger charge is -1.92. The van der Waals surface area contributed by atoms with E-state index < -0.39 is 0 Å². The van der Waals surface area contributed by atoms with E-state index in [1.54, 1.807) is 0 Å². The van der Waals surface area contributed by atoms with Gasteiger partial charge in [-0.25, -0.2) is 0 Å². The summed E-state index contributed by atoms with van der Waals surface area (Å²) >= 11 is 3.39. The van der Waals surface area contributed by atoms with Gasteiger partial charge in [-0.15, -0.1) is 0 Å². The molecule has 0 nitrogen and oxygen atoms in total. The van der Waals surface area contributed by atoms with Crippen LogP contribution in [0.3, 0.4) is 0 Å². The summed E-state index contributed by atoms with van der Waals surface area (Å²) in [7, 11) is 0.0544. The maximum atomic E-state index is 3.39. The van der Waals surface area contributed by atoms with Gasteiger partial charge in [-0.05, 0) is 12.1 Å². The zero-order valence-electron chi connectivity index (χ0n) is 5.39. The molecule has 0 spiro atoms. The van der Waals surface area contributed by atoms with E-state index in [-0.39, 0.29) is 9.52 Å². The van der Waals surface area contributed by atoms with Crippen LogP contribution in [0.1, 0.15) is 0 Å². The van der Waals surface area contributed by atoms with Crippen molar-refractivity contribution < 1.29 is 0 Å². The van der Waals surface area contributed by atoms with Crippen molar-refractivity contribution in [2.75, 3.05) is 0 Å². The Labute approximate surface area is 66.2 Å². The van der Waals surface area contributed by atoms with Gasteiger partial charge in [0, 0.05) is 4.47 Å². The second-order valence-electron chi connectivity index (χ2n) is 1.98. The van der Waals surface area contributed by atoms with Crippen molar-refractivity contribution in [2.45, 2.75) is 6.55 Å². The smallest absolute Gasteiger partial charge is 0.0517 e. The molecule has 2 heteroatoms. The van der Waals surface area contributed by atoms with E-state index in [4.69, 9.17) is 0 Å². The van der Waals surface area contributed by atoms with Crippen LogP contribution in [-0.2, 0) is 0 Å². The van der Waals surface area contributed by atoms with Gasteiger partial charge in [0.15, 0.2) is 0 Å². The van der Waals surface area contributed by atoms with Gasteiger partial charge in [0.2, 0.25) is 0 Å². The fourth-order valence-corrected chi connectivity index (χ4v) is 1.69. The first-order chi connectivity index (χ1) is 4.33. The summed E-state index contributed by atoms with van der Waals surface area (Å²) in [5, 5.41) is 1.53. The van der Waals surface area contributed by atoms with E-state index in [1.165, 1.54) is 9.66 Å². The molecule has 9 heavy (non-hydrogen) atoms. The van der Waals surface area contributed by atoms with Crippen LogP contribution >= 0.6 is 15.9 Å². The fourth-order valence-electron chi connectivity index (χ4n) is 0.720. The zero-order valence-corrected chi connectivity index (χ0v) is 8.39. The first kappa shape index (κ1) is 7.03. The van der Waals surface area contributed by atoms with Gasteiger partial charge in [0.25, 0.3) is 0 Å². The van der Waals surface area contributed by atoms with Crippen LogP contribution in [0.15, 0.2) is 28.7 Å². The molecule has 0 unspecified atom stereocenters. The third kappa shape index (κ3) is 1.95. The third-order valence-electron chi connectivity index (χ3n) is 1.32. The summed E-state index contributed by atoms with van der Waals surface area (Å²) in [5.41, 5.74) is 0. The highest BCUT2D eigenvalue weighted by Crippen LogP contribution is 2.04. The molecule has 0 radical (unpaired) electrons. The molecule has 0 aliphatic heterocycles. The second kappa shape index (κ2) is 3.18. The predicted octanol–water partition coefficient (Wildman–Crippen LogP) is 1.29. The molecule has 0 aromatic heterocycles. The molecule has 0 heterocycles. The van der Waals surface area contributed by atoms with Crippen LogP contribution in [0.4, 0.5) is 0 Å². The van der Waals surface area contributed by atoms with Gasteiger partial charge in [0.05, 0.1) is 9.52 Å². The Balaban J connectivity index is 2.88. The summed E-state index contributed by atoms with van der Waals surface area (Å²) in [6.45, 7) is 2.29. The largest absolute Gasteiger partial charge is 0.0708 e. The molecule has 0 amide bonds. The minimum absolute atomic E-state index is 0.0544. The average molecular weight is 201 g/mol. The minimum Gasteiger partial charge on any atom is -0.0708 e. The lowest BCUT2D eigenvalue weighted by atomic mass is 10.4. The van der Waals surface area contributed by atoms with Crippen LogP contribution < -0.4 is 5.19 Å². The molecule has 48 valence electrons. The van der Waals surface area contributed by atoms with E-state index in [9.17, 15) is 0 Å². The Morgan fingerprint density at radius 1 is 1.22 bits per heavy atom. The maximum Gasteiger partial charge on any atom is 0.0517 e. The molecule has 0 N–H and O–H groups in total. The monoisotopic (exact) mass is 200 g/mol. The summed E-state index contributed by atoms with van der Waals surface area (Å²) in [6, 6.07) is 8.59. The van der Waals surface area contributed by atoms with E-state index in [1.807, 2.05) is 0 Å². The molecule has 0 bridgehead atoms. The molecule has 1 aromatic rings. The maximum absolute atomic E-state index is 3.39. The molecule has 0 aliphatic carbocycles. The fraction of sp³-hybridized carbons (Fsp3) is 0.143. The quantitative estimate of drug-likeness (QED) is 0.600. The Bertz CT molecular complexity index is 181. The molecule has 0 atom stereocenters. The van der Waals surface area contributed by atoms with E-state index >= 15 is 0 Å². The molecular formula is C7H9BrSi. The van der Waals surface area contributed by atoms with Crippen LogP contribution in [0.5, 0.6) is 0 Å². The van der Waals surface area contributed by atoms with Gasteiger partial charge in [-0.2, -0.15) is 0 Å². The van der Waals surface area contributed by atoms with E-state index in [0.717, 1.165) is 0 Å². The first-order valence-electron chi connectivity index (χ1n) is 3.07. The molecule has 0 saturated heterocycles. The topological polar surface area (TPSA) is 0 Å². The Hall–Kier alpha value is -0.0831. The van der Waals surface area contributed by atoms with Gasteiger partial charge >= 0.3 is 0 Å². The Kier molecular flexibility index (Phi) is 2.48. The summed E-state index contributed by atoms with van der Waals surface area (Å²) < 4.78 is 1.17. The molecule has 0 fully saturated rings. The molecule has 1 rings (SSSR count). The van der Waals surface area contributed by atoms with Gasteiger partial charge < -0.3 is 0 Å². The summed E-state index contributed by atoms with van der Waals surface area (Å²) in [4.78, 5) is 0. The lowest BCUT2D eigenvalue weighted by Crippen LogP contribution is -2.08. The van der Waals surface area contributed by atoms with Crippen molar-refractivity contribution in [3.63, 3.8) is 0 Å². The summed E-state index contributed by atoms with van der Waals surface area (Å²) in [5.74, 6) is 0. The van der Waals surface area contributed by atoms with Crippen molar-refractivity contribution in [3.05, 3.63) is 28.7 Å². The average Bonchev–Trinajstić information content (AvgIpc) is 1.90. The van der Waals surface area contributed by atoms with Crippen molar-refractivity contribution in [2.24, 2.45) is 0 Å².